The molecule has 0 aliphatic heterocycles. The molecule has 100 valence electrons. The van der Waals surface area contributed by atoms with E-state index in [9.17, 15) is 9.18 Å². The van der Waals surface area contributed by atoms with Gasteiger partial charge in [0.05, 0.1) is 0 Å². The van der Waals surface area contributed by atoms with Gasteiger partial charge >= 0.3 is 5.97 Å². The first kappa shape index (κ1) is 13.7. The number of carboxylic acids is 1. The van der Waals surface area contributed by atoms with Crippen molar-refractivity contribution >= 4 is 17.3 Å². The van der Waals surface area contributed by atoms with E-state index in [0.29, 0.717) is 24.4 Å². The molecule has 0 unspecified atom stereocenters. The molecule has 0 aliphatic rings. The van der Waals surface area contributed by atoms with Crippen molar-refractivity contribution in [3.63, 3.8) is 0 Å². The van der Waals surface area contributed by atoms with Crippen LogP contribution in [-0.4, -0.2) is 17.6 Å². The highest BCUT2D eigenvalue weighted by Gasteiger charge is 2.10. The maximum absolute atomic E-state index is 13.0. The lowest BCUT2D eigenvalue weighted by molar-refractivity contribution is 0.0701. The maximum Gasteiger partial charge on any atom is 0.346 e. The van der Waals surface area contributed by atoms with Crippen LogP contribution >= 0.6 is 11.3 Å². The quantitative estimate of drug-likeness (QED) is 0.799. The van der Waals surface area contributed by atoms with Gasteiger partial charge in [0.15, 0.2) is 0 Å². The van der Waals surface area contributed by atoms with Crippen LogP contribution in [0.3, 0.4) is 0 Å². The standard InChI is InChI=1S/C14H14FNO2S/c15-12-3-1-2-10(8-12)4-6-16-9-11-5-7-19-13(11)14(17)18/h1-3,5,7-8,16H,4,6,9H2,(H,17,18). The Morgan fingerprint density at radius 1 is 1.37 bits per heavy atom. The minimum Gasteiger partial charge on any atom is -0.477 e. The fourth-order valence-corrected chi connectivity index (χ4v) is 2.57. The maximum atomic E-state index is 13.0. The summed E-state index contributed by atoms with van der Waals surface area (Å²) in [5.41, 5.74) is 1.72. The minimum atomic E-state index is -0.892. The van der Waals surface area contributed by atoms with Gasteiger partial charge in [-0.25, -0.2) is 9.18 Å². The summed E-state index contributed by atoms with van der Waals surface area (Å²) in [7, 11) is 0. The summed E-state index contributed by atoms with van der Waals surface area (Å²) in [5.74, 6) is -1.12. The molecule has 0 bridgehead atoms. The normalized spacial score (nSPS) is 10.6. The molecule has 0 spiro atoms. The number of carboxylic acid groups (broad SMARTS) is 1. The molecule has 0 radical (unpaired) electrons. The fourth-order valence-electron chi connectivity index (χ4n) is 1.81. The lowest BCUT2D eigenvalue weighted by Gasteiger charge is -2.05. The molecule has 2 N–H and O–H groups in total. The molecule has 5 heteroatoms. The van der Waals surface area contributed by atoms with E-state index in [1.807, 2.05) is 12.1 Å². The molecular formula is C14H14FNO2S. The van der Waals surface area contributed by atoms with E-state index >= 15 is 0 Å². The second-order valence-corrected chi connectivity index (χ2v) is 5.05. The summed E-state index contributed by atoms with van der Waals surface area (Å²) in [6.45, 7) is 1.19. The number of hydrogen-bond donors (Lipinski definition) is 2. The zero-order valence-corrected chi connectivity index (χ0v) is 11.0. The van der Waals surface area contributed by atoms with Gasteiger partial charge in [-0.15, -0.1) is 11.3 Å². The third-order valence-electron chi connectivity index (χ3n) is 2.74. The number of nitrogens with one attached hydrogen (secondary N) is 1. The molecule has 19 heavy (non-hydrogen) atoms. The number of hydrogen-bond acceptors (Lipinski definition) is 3. The van der Waals surface area contributed by atoms with E-state index in [2.05, 4.69) is 5.32 Å². The van der Waals surface area contributed by atoms with Crippen LogP contribution in [0.15, 0.2) is 35.7 Å². The van der Waals surface area contributed by atoms with E-state index < -0.39 is 5.97 Å². The highest BCUT2D eigenvalue weighted by molar-refractivity contribution is 7.12. The van der Waals surface area contributed by atoms with E-state index in [-0.39, 0.29) is 5.82 Å². The van der Waals surface area contributed by atoms with Crippen LogP contribution < -0.4 is 5.32 Å². The zero-order chi connectivity index (χ0) is 13.7. The average Bonchev–Trinajstić information content (AvgIpc) is 2.83. The second kappa shape index (κ2) is 6.45. The first-order valence-electron chi connectivity index (χ1n) is 5.91. The van der Waals surface area contributed by atoms with Crippen LogP contribution in [0.1, 0.15) is 20.8 Å². The molecule has 2 rings (SSSR count). The Bertz CT molecular complexity index is 568. The van der Waals surface area contributed by atoms with Crippen LogP contribution in [0.25, 0.3) is 0 Å². The summed E-state index contributed by atoms with van der Waals surface area (Å²) in [4.78, 5) is 11.3. The van der Waals surface area contributed by atoms with Gasteiger partial charge < -0.3 is 10.4 Å². The Labute approximate surface area is 114 Å². The summed E-state index contributed by atoms with van der Waals surface area (Å²) in [5, 5.41) is 13.9. The number of thiophene rings is 1. The van der Waals surface area contributed by atoms with Crippen molar-refractivity contribution in [1.29, 1.82) is 0 Å². The molecule has 1 aromatic carbocycles. The Hall–Kier alpha value is -1.72. The zero-order valence-electron chi connectivity index (χ0n) is 10.2. The van der Waals surface area contributed by atoms with Gasteiger partial charge in [0.1, 0.15) is 10.7 Å². The molecule has 1 aromatic heterocycles. The van der Waals surface area contributed by atoms with Crippen molar-refractivity contribution in [2.75, 3.05) is 6.54 Å². The molecule has 0 atom stereocenters. The van der Waals surface area contributed by atoms with Gasteiger partial charge in [0, 0.05) is 6.54 Å². The fraction of sp³-hybridized carbons (Fsp3) is 0.214. The number of rotatable bonds is 6. The van der Waals surface area contributed by atoms with E-state index in [1.165, 1.54) is 23.5 Å². The number of aromatic carboxylic acids is 1. The molecule has 2 aromatic rings. The molecule has 0 saturated carbocycles. The monoisotopic (exact) mass is 279 g/mol. The highest BCUT2D eigenvalue weighted by Crippen LogP contribution is 2.16. The Morgan fingerprint density at radius 2 is 2.21 bits per heavy atom. The largest absolute Gasteiger partial charge is 0.477 e. The summed E-state index contributed by atoms with van der Waals surface area (Å²) in [6.07, 6.45) is 0.713. The van der Waals surface area contributed by atoms with Gasteiger partial charge in [-0.2, -0.15) is 0 Å². The first-order valence-corrected chi connectivity index (χ1v) is 6.79. The summed E-state index contributed by atoms with van der Waals surface area (Å²) in [6, 6.07) is 8.30. The SMILES string of the molecule is O=C(O)c1sccc1CNCCc1cccc(F)c1. The number of halogens is 1. The van der Waals surface area contributed by atoms with E-state index in [4.69, 9.17) is 5.11 Å². The predicted octanol–water partition coefficient (Wildman–Crippen LogP) is 2.92. The van der Waals surface area contributed by atoms with Crippen LogP contribution in [0, 0.1) is 5.82 Å². The Balaban J connectivity index is 1.81. The molecular weight excluding hydrogens is 265 g/mol. The average molecular weight is 279 g/mol. The molecule has 0 fully saturated rings. The van der Waals surface area contributed by atoms with Gasteiger partial charge in [0.2, 0.25) is 0 Å². The summed E-state index contributed by atoms with van der Waals surface area (Å²) >= 11 is 1.22. The molecule has 3 nitrogen and oxygen atoms in total. The number of benzene rings is 1. The first-order chi connectivity index (χ1) is 9.16. The Morgan fingerprint density at radius 3 is 2.95 bits per heavy atom. The minimum absolute atomic E-state index is 0.233. The third kappa shape index (κ3) is 3.87. The lowest BCUT2D eigenvalue weighted by atomic mass is 10.1. The molecule has 0 saturated heterocycles. The molecule has 0 amide bonds. The molecule has 0 aliphatic carbocycles. The van der Waals surface area contributed by atoms with Crippen molar-refractivity contribution in [1.82, 2.24) is 5.32 Å². The lowest BCUT2D eigenvalue weighted by Crippen LogP contribution is -2.17. The number of carbonyl (C=O) groups is 1. The highest BCUT2D eigenvalue weighted by atomic mass is 32.1. The van der Waals surface area contributed by atoms with Crippen LogP contribution in [-0.2, 0) is 13.0 Å². The van der Waals surface area contributed by atoms with Crippen molar-refractivity contribution in [3.8, 4) is 0 Å². The smallest absolute Gasteiger partial charge is 0.346 e. The summed E-state index contributed by atoms with van der Waals surface area (Å²) < 4.78 is 13.0. The van der Waals surface area contributed by atoms with Gasteiger partial charge in [-0.05, 0) is 47.7 Å². The second-order valence-electron chi connectivity index (χ2n) is 4.14. The van der Waals surface area contributed by atoms with Gasteiger partial charge in [0.25, 0.3) is 0 Å². The van der Waals surface area contributed by atoms with Crippen molar-refractivity contribution in [2.24, 2.45) is 0 Å². The Kier molecular flexibility index (Phi) is 4.65. The van der Waals surface area contributed by atoms with Crippen molar-refractivity contribution in [2.45, 2.75) is 13.0 Å². The van der Waals surface area contributed by atoms with Crippen molar-refractivity contribution in [3.05, 3.63) is 57.5 Å². The molecule has 1 heterocycles. The van der Waals surface area contributed by atoms with E-state index in [1.54, 1.807) is 11.4 Å². The van der Waals surface area contributed by atoms with Crippen LogP contribution in [0.4, 0.5) is 4.39 Å². The predicted molar refractivity (Wildman–Crippen MR) is 73.1 cm³/mol. The van der Waals surface area contributed by atoms with Crippen LogP contribution in [0.2, 0.25) is 0 Å². The third-order valence-corrected chi connectivity index (χ3v) is 3.68. The van der Waals surface area contributed by atoms with Crippen molar-refractivity contribution < 1.29 is 14.3 Å². The van der Waals surface area contributed by atoms with Gasteiger partial charge in [-0.1, -0.05) is 12.1 Å². The topological polar surface area (TPSA) is 49.3 Å². The van der Waals surface area contributed by atoms with Gasteiger partial charge in [-0.3, -0.25) is 0 Å². The van der Waals surface area contributed by atoms with Crippen LogP contribution in [0.5, 0.6) is 0 Å². The van der Waals surface area contributed by atoms with E-state index in [0.717, 1.165) is 11.1 Å².